The van der Waals surface area contributed by atoms with E-state index in [1.807, 2.05) is 6.92 Å². The van der Waals surface area contributed by atoms with E-state index in [0.29, 0.717) is 0 Å². The molecule has 0 atom stereocenters. The number of hydrogen-bond acceptors (Lipinski definition) is 0. The van der Waals surface area contributed by atoms with Crippen LogP contribution in [0.15, 0.2) is 0 Å². The van der Waals surface area contributed by atoms with Gasteiger partial charge < -0.3 is 0 Å². The Bertz CT molecular complexity index is 271. The Kier molecular flexibility index (Phi) is 0.938. The lowest BCUT2D eigenvalue weighted by Crippen LogP contribution is -2.23. The van der Waals surface area contributed by atoms with E-state index in [1.54, 1.807) is 0 Å². The maximum absolute atomic E-state index is 3.71. The molecule has 1 heterocycles. The average Bonchev–Trinajstić information content (AvgIpc) is 1.85. The summed E-state index contributed by atoms with van der Waals surface area (Å²) in [5, 5.41) is 0.912. The fourth-order valence-corrected chi connectivity index (χ4v) is 0.609. The van der Waals surface area contributed by atoms with E-state index in [1.165, 1.54) is 0 Å². The van der Waals surface area contributed by atoms with Crippen molar-refractivity contribution in [2.24, 2.45) is 0 Å². The number of imidazole rings is 1. The molecule has 0 unspecified atom stereocenters. The summed E-state index contributed by atoms with van der Waals surface area (Å²) in [6.07, 6.45) is 0. The summed E-state index contributed by atoms with van der Waals surface area (Å²) in [4.78, 5) is 5.91. The summed E-state index contributed by atoms with van der Waals surface area (Å²) >= 11 is 0. The van der Waals surface area contributed by atoms with Gasteiger partial charge in [0, 0.05) is 6.92 Å². The van der Waals surface area contributed by atoms with Crippen LogP contribution in [0.5, 0.6) is 0 Å². The highest BCUT2D eigenvalue weighted by Gasteiger charge is 1.92. The Labute approximate surface area is 47.6 Å². The van der Waals surface area contributed by atoms with Crippen molar-refractivity contribution in [3.63, 3.8) is 0 Å². The highest BCUT2D eigenvalue weighted by molar-refractivity contribution is 4.99. The molecule has 0 fully saturated rings. The predicted octanol–water partition coefficient (Wildman–Crippen LogP) is -1.04. The molecule has 8 heavy (non-hydrogen) atoms. The Hall–Kier alpha value is -1.05. The second-order valence-electron chi connectivity index (χ2n) is 1.83. The zero-order chi connectivity index (χ0) is 6.15. The van der Waals surface area contributed by atoms with Gasteiger partial charge in [-0.2, -0.15) is 0 Å². The van der Waals surface area contributed by atoms with Gasteiger partial charge in [-0.15, -0.1) is 0 Å². The van der Waals surface area contributed by atoms with Gasteiger partial charge in [-0.05, 0) is 13.2 Å². The van der Waals surface area contributed by atoms with Gasteiger partial charge in [0.25, 0.3) is 5.48 Å². The topological polar surface area (TPSA) is 29.9 Å². The number of aryl methyl sites for hydroxylation is 1. The van der Waals surface area contributed by atoms with Gasteiger partial charge in [-0.3, -0.25) is 0 Å². The smallest absolute Gasteiger partial charge is 0.241 e. The molecule has 0 bridgehead atoms. The Balaban J connectivity index is 3.59. The number of H-pyrrole nitrogens is 2. The monoisotopic (exact) mass is 109 g/mol. The quantitative estimate of drug-likeness (QED) is 0.441. The second kappa shape index (κ2) is 1.47. The summed E-state index contributed by atoms with van der Waals surface area (Å²) in [5.74, 6) is 0. The molecule has 0 aliphatic carbocycles. The van der Waals surface area contributed by atoms with E-state index in [2.05, 4.69) is 23.1 Å². The minimum atomic E-state index is 0.812. The highest BCUT2D eigenvalue weighted by Crippen LogP contribution is 1.58. The van der Waals surface area contributed by atoms with Crippen molar-refractivity contribution in [3.8, 4) is 0 Å². The zero-order valence-electron chi connectivity index (χ0n) is 4.91. The fraction of sp³-hybridized carbons (Fsp3) is 0.167. The van der Waals surface area contributed by atoms with Gasteiger partial charge in [0.1, 0.15) is 5.69 Å². The summed E-state index contributed by atoms with van der Waals surface area (Å²) in [5.41, 5.74) is 1.86. The molecule has 0 aliphatic rings. The average molecular weight is 109 g/mol. The van der Waals surface area contributed by atoms with Crippen LogP contribution in [0, 0.1) is 6.92 Å². The minimum Gasteiger partial charge on any atom is -0.241 e. The van der Waals surface area contributed by atoms with E-state index in [4.69, 9.17) is 0 Å². The van der Waals surface area contributed by atoms with Gasteiger partial charge in [0.05, 0.1) is 0 Å². The van der Waals surface area contributed by atoms with Gasteiger partial charge >= 0.3 is 0 Å². The first-order valence-corrected chi connectivity index (χ1v) is 2.46. The summed E-state index contributed by atoms with van der Waals surface area (Å²) in [6, 6.07) is 0. The Morgan fingerprint density at radius 2 is 2.12 bits per heavy atom. The van der Waals surface area contributed by atoms with Crippen molar-refractivity contribution in [1.29, 1.82) is 0 Å². The second-order valence-corrected chi connectivity index (χ2v) is 1.83. The number of aromatic nitrogens is 2. The lowest BCUT2D eigenvalue weighted by molar-refractivity contribution is -0.402. The van der Waals surface area contributed by atoms with Crippen LogP contribution in [0.4, 0.5) is 0 Å². The molecule has 0 saturated carbocycles. The van der Waals surface area contributed by atoms with Crippen LogP contribution in [0.25, 0.3) is 13.2 Å². The molecule has 0 amide bonds. The van der Waals surface area contributed by atoms with Crippen LogP contribution in [0.3, 0.4) is 0 Å². The van der Waals surface area contributed by atoms with Crippen molar-refractivity contribution in [2.45, 2.75) is 6.92 Å². The molecular formula is C6H9N2+. The van der Waals surface area contributed by atoms with Gasteiger partial charge in [0.15, 0.2) is 5.35 Å². The van der Waals surface area contributed by atoms with Crippen LogP contribution in [-0.2, 0) is 0 Å². The van der Waals surface area contributed by atoms with E-state index >= 15 is 0 Å². The first kappa shape index (κ1) is 5.09. The molecule has 0 radical (unpaired) electrons. The summed E-state index contributed by atoms with van der Waals surface area (Å²) in [6.45, 7) is 9.32. The molecule has 2 heteroatoms. The van der Waals surface area contributed by atoms with E-state index < -0.39 is 0 Å². The largest absolute Gasteiger partial charge is 0.270 e. The van der Waals surface area contributed by atoms with Gasteiger partial charge in [-0.1, -0.05) is 0 Å². The fourth-order valence-electron chi connectivity index (χ4n) is 0.609. The van der Waals surface area contributed by atoms with Gasteiger partial charge in [-0.25, -0.2) is 9.97 Å². The van der Waals surface area contributed by atoms with Crippen molar-refractivity contribution in [1.82, 2.24) is 4.98 Å². The van der Waals surface area contributed by atoms with Crippen LogP contribution in [-0.4, -0.2) is 4.98 Å². The molecule has 0 spiro atoms. The summed E-state index contributed by atoms with van der Waals surface area (Å²) in [7, 11) is 0. The lowest BCUT2D eigenvalue weighted by Gasteiger charge is -1.63. The van der Waals surface area contributed by atoms with Crippen LogP contribution < -0.4 is 15.8 Å². The Morgan fingerprint density at radius 3 is 2.25 bits per heavy atom. The van der Waals surface area contributed by atoms with E-state index in [9.17, 15) is 0 Å². The van der Waals surface area contributed by atoms with Crippen molar-refractivity contribution < 1.29 is 4.98 Å². The molecule has 0 aromatic carbocycles. The minimum absolute atomic E-state index is 0.812. The maximum atomic E-state index is 3.71. The highest BCUT2D eigenvalue weighted by atomic mass is 14.9. The van der Waals surface area contributed by atoms with Crippen LogP contribution >= 0.6 is 0 Å². The molecule has 2 N–H and O–H groups in total. The van der Waals surface area contributed by atoms with Crippen molar-refractivity contribution in [2.75, 3.05) is 0 Å². The predicted molar refractivity (Wildman–Crippen MR) is 32.4 cm³/mol. The molecular weight excluding hydrogens is 100 g/mol. The first-order valence-electron chi connectivity index (χ1n) is 2.46. The number of aromatic amines is 2. The number of rotatable bonds is 0. The normalized spacial score (nSPS) is 9.62. The first-order chi connectivity index (χ1) is 3.70. The van der Waals surface area contributed by atoms with E-state index in [0.717, 1.165) is 16.5 Å². The molecule has 1 aromatic rings. The van der Waals surface area contributed by atoms with Gasteiger partial charge in [0.2, 0.25) is 0 Å². The third-order valence-corrected chi connectivity index (χ3v) is 1.09. The van der Waals surface area contributed by atoms with Crippen molar-refractivity contribution >= 4 is 13.2 Å². The number of hydrogen-bond donors (Lipinski definition) is 1. The molecule has 2 nitrogen and oxygen atoms in total. The standard InChI is InChI=1S/C6H8N2/c1-4-5(2)8-6(3)7-4/h7H,1,3H2,2H3/p+1. The SMILES string of the molecule is C=c1[nH]c(=C)c(C)[nH+]1. The third-order valence-electron chi connectivity index (χ3n) is 1.09. The molecule has 0 saturated heterocycles. The molecule has 0 aliphatic heterocycles. The molecule has 1 rings (SSSR count). The number of nitrogens with one attached hydrogen (secondary N) is 2. The molecule has 1 aromatic heterocycles. The van der Waals surface area contributed by atoms with Crippen LogP contribution in [0.1, 0.15) is 5.69 Å². The third kappa shape index (κ3) is 0.644. The van der Waals surface area contributed by atoms with Crippen molar-refractivity contribution in [3.05, 3.63) is 16.5 Å². The lowest BCUT2D eigenvalue weighted by atomic mass is 10.5. The summed E-state index contributed by atoms with van der Waals surface area (Å²) < 4.78 is 0. The zero-order valence-corrected chi connectivity index (χ0v) is 4.91. The molecule has 42 valence electrons. The van der Waals surface area contributed by atoms with Crippen LogP contribution in [0.2, 0.25) is 0 Å². The maximum Gasteiger partial charge on any atom is 0.270 e. The Morgan fingerprint density at radius 1 is 1.50 bits per heavy atom. The van der Waals surface area contributed by atoms with E-state index in [-0.39, 0.29) is 0 Å².